The Labute approximate surface area is 124 Å². The third-order valence-corrected chi connectivity index (χ3v) is 3.11. The van der Waals surface area contributed by atoms with E-state index >= 15 is 0 Å². The molecule has 1 aliphatic rings. The fourth-order valence-corrected chi connectivity index (χ4v) is 2.05. The van der Waals surface area contributed by atoms with Gasteiger partial charge in [0.05, 0.1) is 13.2 Å². The number of aryl methyl sites for hydroxylation is 1. The van der Waals surface area contributed by atoms with Crippen LogP contribution in [0.1, 0.15) is 18.6 Å². The van der Waals surface area contributed by atoms with Crippen molar-refractivity contribution in [2.75, 3.05) is 45.9 Å². The fraction of sp³-hybridized carbons (Fsp3) is 0.769. The number of morpholine rings is 1. The van der Waals surface area contributed by atoms with Crippen molar-refractivity contribution in [1.82, 2.24) is 25.7 Å². The normalized spacial score (nSPS) is 17.0. The van der Waals surface area contributed by atoms with Crippen LogP contribution in [0.15, 0.2) is 9.52 Å². The summed E-state index contributed by atoms with van der Waals surface area (Å²) in [6.45, 7) is 10.5. The lowest BCUT2D eigenvalue weighted by Gasteiger charge is -2.26. The van der Waals surface area contributed by atoms with Crippen LogP contribution in [-0.2, 0) is 11.3 Å². The predicted octanol–water partition coefficient (Wildman–Crippen LogP) is -0.235. The zero-order chi connectivity index (χ0) is 14.9. The van der Waals surface area contributed by atoms with Crippen molar-refractivity contribution >= 4 is 5.96 Å². The van der Waals surface area contributed by atoms with Crippen molar-refractivity contribution in [3.05, 3.63) is 11.7 Å². The van der Waals surface area contributed by atoms with Gasteiger partial charge in [0.15, 0.2) is 11.8 Å². The fourth-order valence-electron chi connectivity index (χ4n) is 2.05. The zero-order valence-corrected chi connectivity index (χ0v) is 12.8. The molecular weight excluding hydrogens is 272 g/mol. The molecule has 1 fully saturated rings. The molecule has 0 atom stereocenters. The Morgan fingerprint density at radius 3 is 2.81 bits per heavy atom. The Morgan fingerprint density at radius 1 is 1.33 bits per heavy atom. The number of aromatic nitrogens is 2. The van der Waals surface area contributed by atoms with Crippen LogP contribution >= 0.6 is 0 Å². The van der Waals surface area contributed by atoms with E-state index < -0.39 is 0 Å². The van der Waals surface area contributed by atoms with E-state index in [9.17, 15) is 0 Å². The second kappa shape index (κ2) is 8.58. The number of aliphatic imine (C=N–C) groups is 1. The Kier molecular flexibility index (Phi) is 6.42. The standard InChI is InChI=1S/C13H24N6O2/c1-3-14-13(16-10-12-17-11(2)18-21-12)15-4-5-19-6-8-20-9-7-19/h3-10H2,1-2H3,(H2,14,15,16). The molecule has 1 aromatic rings. The smallest absolute Gasteiger partial charge is 0.248 e. The van der Waals surface area contributed by atoms with Gasteiger partial charge in [-0.2, -0.15) is 4.98 Å². The molecule has 0 amide bonds. The molecule has 1 aliphatic heterocycles. The molecule has 0 spiro atoms. The molecule has 2 heterocycles. The molecule has 1 saturated heterocycles. The summed E-state index contributed by atoms with van der Waals surface area (Å²) in [6.07, 6.45) is 0. The molecule has 8 heteroatoms. The number of guanidine groups is 1. The van der Waals surface area contributed by atoms with Gasteiger partial charge in [-0.05, 0) is 13.8 Å². The first-order valence-electron chi connectivity index (χ1n) is 7.39. The van der Waals surface area contributed by atoms with Crippen molar-refractivity contribution < 1.29 is 9.26 Å². The number of hydrogen-bond acceptors (Lipinski definition) is 6. The Bertz CT molecular complexity index is 442. The van der Waals surface area contributed by atoms with E-state index in [1.54, 1.807) is 6.92 Å². The second-order valence-electron chi connectivity index (χ2n) is 4.81. The molecule has 0 saturated carbocycles. The van der Waals surface area contributed by atoms with Crippen LogP contribution in [0.2, 0.25) is 0 Å². The first-order chi connectivity index (χ1) is 10.3. The van der Waals surface area contributed by atoms with Gasteiger partial charge >= 0.3 is 0 Å². The molecule has 118 valence electrons. The van der Waals surface area contributed by atoms with Gasteiger partial charge in [-0.3, -0.25) is 4.90 Å². The summed E-state index contributed by atoms with van der Waals surface area (Å²) in [5.41, 5.74) is 0. The van der Waals surface area contributed by atoms with Gasteiger partial charge in [-0.25, -0.2) is 4.99 Å². The predicted molar refractivity (Wildman–Crippen MR) is 79.1 cm³/mol. The molecule has 21 heavy (non-hydrogen) atoms. The van der Waals surface area contributed by atoms with Crippen LogP contribution in [0.4, 0.5) is 0 Å². The van der Waals surface area contributed by atoms with Crippen LogP contribution in [0.3, 0.4) is 0 Å². The summed E-state index contributed by atoms with van der Waals surface area (Å²) in [7, 11) is 0. The Hall–Kier alpha value is -1.67. The van der Waals surface area contributed by atoms with Crippen molar-refractivity contribution in [2.24, 2.45) is 4.99 Å². The van der Waals surface area contributed by atoms with Crippen molar-refractivity contribution in [2.45, 2.75) is 20.4 Å². The van der Waals surface area contributed by atoms with Crippen molar-refractivity contribution in [3.63, 3.8) is 0 Å². The molecule has 2 rings (SSSR count). The van der Waals surface area contributed by atoms with Gasteiger partial charge in [0.2, 0.25) is 5.89 Å². The highest BCUT2D eigenvalue weighted by Crippen LogP contribution is 1.97. The third-order valence-electron chi connectivity index (χ3n) is 3.11. The average Bonchev–Trinajstić information content (AvgIpc) is 2.91. The van der Waals surface area contributed by atoms with Gasteiger partial charge < -0.3 is 19.9 Å². The minimum absolute atomic E-state index is 0.383. The van der Waals surface area contributed by atoms with Crippen molar-refractivity contribution in [3.8, 4) is 0 Å². The Morgan fingerprint density at radius 2 is 2.14 bits per heavy atom. The minimum Gasteiger partial charge on any atom is -0.379 e. The molecule has 0 aliphatic carbocycles. The molecule has 2 N–H and O–H groups in total. The van der Waals surface area contributed by atoms with E-state index in [2.05, 4.69) is 30.7 Å². The average molecular weight is 296 g/mol. The highest BCUT2D eigenvalue weighted by molar-refractivity contribution is 5.79. The van der Waals surface area contributed by atoms with E-state index in [0.29, 0.717) is 18.3 Å². The van der Waals surface area contributed by atoms with Gasteiger partial charge in [-0.1, -0.05) is 5.16 Å². The molecule has 0 unspecified atom stereocenters. The van der Waals surface area contributed by atoms with Crippen LogP contribution in [0.5, 0.6) is 0 Å². The lowest BCUT2D eigenvalue weighted by molar-refractivity contribution is 0.0389. The van der Waals surface area contributed by atoms with Crippen LogP contribution in [-0.4, -0.2) is 66.9 Å². The summed E-state index contributed by atoms with van der Waals surface area (Å²) >= 11 is 0. The minimum atomic E-state index is 0.383. The quantitative estimate of drug-likeness (QED) is 0.553. The zero-order valence-electron chi connectivity index (χ0n) is 12.8. The molecule has 0 bridgehead atoms. The summed E-state index contributed by atoms with van der Waals surface area (Å²) in [6, 6.07) is 0. The van der Waals surface area contributed by atoms with Crippen LogP contribution in [0.25, 0.3) is 0 Å². The highest BCUT2D eigenvalue weighted by Gasteiger charge is 2.09. The monoisotopic (exact) mass is 296 g/mol. The summed E-state index contributed by atoms with van der Waals surface area (Å²) in [5, 5.41) is 10.3. The number of nitrogens with one attached hydrogen (secondary N) is 2. The number of rotatable bonds is 6. The van der Waals surface area contributed by atoms with E-state index in [4.69, 9.17) is 9.26 Å². The van der Waals surface area contributed by atoms with E-state index in [0.717, 1.165) is 51.9 Å². The molecule has 0 aromatic carbocycles. The van der Waals surface area contributed by atoms with Gasteiger partial charge in [0.25, 0.3) is 0 Å². The lowest BCUT2D eigenvalue weighted by Crippen LogP contribution is -2.44. The lowest BCUT2D eigenvalue weighted by atomic mass is 10.4. The molecule has 8 nitrogen and oxygen atoms in total. The molecular formula is C13H24N6O2. The SMILES string of the molecule is CCNC(=NCc1nc(C)no1)NCCN1CCOCC1. The van der Waals surface area contributed by atoms with Crippen LogP contribution < -0.4 is 10.6 Å². The van der Waals surface area contributed by atoms with E-state index in [1.165, 1.54) is 0 Å². The van der Waals surface area contributed by atoms with Gasteiger partial charge in [0.1, 0.15) is 6.54 Å². The van der Waals surface area contributed by atoms with E-state index in [1.807, 2.05) is 6.92 Å². The first-order valence-corrected chi connectivity index (χ1v) is 7.39. The molecule has 0 radical (unpaired) electrons. The largest absolute Gasteiger partial charge is 0.379 e. The summed E-state index contributed by atoms with van der Waals surface area (Å²) in [5.74, 6) is 1.92. The van der Waals surface area contributed by atoms with Gasteiger partial charge in [-0.15, -0.1) is 0 Å². The second-order valence-corrected chi connectivity index (χ2v) is 4.81. The third kappa shape index (κ3) is 5.68. The summed E-state index contributed by atoms with van der Waals surface area (Å²) < 4.78 is 10.4. The topological polar surface area (TPSA) is 87.8 Å². The van der Waals surface area contributed by atoms with Crippen LogP contribution in [0, 0.1) is 6.92 Å². The maximum atomic E-state index is 5.33. The Balaban J connectivity index is 1.74. The highest BCUT2D eigenvalue weighted by atomic mass is 16.5. The number of hydrogen-bond donors (Lipinski definition) is 2. The molecule has 1 aromatic heterocycles. The van der Waals surface area contributed by atoms with Gasteiger partial charge in [0, 0.05) is 32.7 Å². The number of ether oxygens (including phenoxy) is 1. The summed E-state index contributed by atoms with van der Waals surface area (Å²) in [4.78, 5) is 10.9. The maximum Gasteiger partial charge on any atom is 0.248 e. The van der Waals surface area contributed by atoms with Crippen molar-refractivity contribution in [1.29, 1.82) is 0 Å². The first kappa shape index (κ1) is 15.7. The van der Waals surface area contributed by atoms with E-state index in [-0.39, 0.29) is 0 Å². The number of nitrogens with zero attached hydrogens (tertiary/aromatic N) is 4. The maximum absolute atomic E-state index is 5.33.